The van der Waals surface area contributed by atoms with E-state index in [9.17, 15) is 13.2 Å². The van der Waals surface area contributed by atoms with Crippen molar-refractivity contribution in [3.63, 3.8) is 0 Å². The van der Waals surface area contributed by atoms with Crippen LogP contribution in [0.4, 0.5) is 0 Å². The first kappa shape index (κ1) is 17.8. The van der Waals surface area contributed by atoms with Crippen LogP contribution in [0.3, 0.4) is 0 Å². The molecule has 2 aliphatic heterocycles. The van der Waals surface area contributed by atoms with E-state index >= 15 is 0 Å². The van der Waals surface area contributed by atoms with Gasteiger partial charge in [0, 0.05) is 43.9 Å². The molecule has 1 aromatic rings. The second-order valence-corrected chi connectivity index (χ2v) is 9.92. The predicted octanol–water partition coefficient (Wildman–Crippen LogP) is 0.563. The highest BCUT2D eigenvalue weighted by Crippen LogP contribution is 2.30. The number of sulfonamides is 1. The number of rotatable bonds is 4. The lowest BCUT2D eigenvalue weighted by Crippen LogP contribution is -2.37. The molecule has 2 saturated heterocycles. The normalized spacial score (nSPS) is 26.0. The third-order valence-corrected chi connectivity index (χ3v) is 7.65. The van der Waals surface area contributed by atoms with Crippen molar-refractivity contribution >= 4 is 27.7 Å². The van der Waals surface area contributed by atoms with Gasteiger partial charge in [-0.05, 0) is 24.4 Å². The van der Waals surface area contributed by atoms with Gasteiger partial charge >= 0.3 is 0 Å². The second kappa shape index (κ2) is 6.70. The first-order valence-electron chi connectivity index (χ1n) is 8.11. The van der Waals surface area contributed by atoms with Gasteiger partial charge in [0.25, 0.3) is 5.91 Å². The van der Waals surface area contributed by atoms with Crippen molar-refractivity contribution in [3.05, 3.63) is 18.0 Å². The number of nitrogens with two attached hydrogens (primary N) is 1. The summed E-state index contributed by atoms with van der Waals surface area (Å²) < 4.78 is 26.8. The Balaban J connectivity index is 1.74. The minimum atomic E-state index is -3.53. The van der Waals surface area contributed by atoms with E-state index in [1.54, 1.807) is 16.7 Å². The number of H-pyrrole nitrogens is 1. The zero-order valence-corrected chi connectivity index (χ0v) is 15.5. The molecule has 0 aliphatic carbocycles. The summed E-state index contributed by atoms with van der Waals surface area (Å²) >= 11 is 1.75. The molecule has 3 N–H and O–H groups in total. The smallest absolute Gasteiger partial charge is 0.270 e. The second-order valence-electron chi connectivity index (χ2n) is 6.76. The van der Waals surface area contributed by atoms with Gasteiger partial charge in [0.05, 0.1) is 0 Å². The van der Waals surface area contributed by atoms with Crippen LogP contribution in [-0.2, 0) is 10.0 Å². The molecule has 7 nitrogen and oxygen atoms in total. The van der Waals surface area contributed by atoms with E-state index < -0.39 is 10.0 Å². The number of likely N-dealkylation sites (tertiary alicyclic amines) is 1. The molecule has 9 heteroatoms. The lowest BCUT2D eigenvalue weighted by molar-refractivity contribution is 0.0771. The summed E-state index contributed by atoms with van der Waals surface area (Å²) in [5.41, 5.74) is 6.05. The molecule has 134 valence electrons. The lowest BCUT2D eigenvalue weighted by Gasteiger charge is -2.25. The molecule has 3 heterocycles. The van der Waals surface area contributed by atoms with Crippen molar-refractivity contribution in [1.82, 2.24) is 14.2 Å². The van der Waals surface area contributed by atoms with Crippen molar-refractivity contribution in [3.8, 4) is 0 Å². The zero-order chi connectivity index (χ0) is 17.4. The van der Waals surface area contributed by atoms with Gasteiger partial charge in [0.15, 0.2) is 0 Å². The summed E-state index contributed by atoms with van der Waals surface area (Å²) in [5, 5.41) is 0. The highest BCUT2D eigenvalue weighted by atomic mass is 32.2. The number of hydrogen-bond acceptors (Lipinski definition) is 5. The fourth-order valence-electron chi connectivity index (χ4n) is 3.12. The van der Waals surface area contributed by atoms with Gasteiger partial charge in [-0.1, -0.05) is 6.92 Å². The summed E-state index contributed by atoms with van der Waals surface area (Å²) in [6.07, 6.45) is 2.29. The first-order valence-corrected chi connectivity index (χ1v) is 10.7. The van der Waals surface area contributed by atoms with Crippen molar-refractivity contribution in [1.29, 1.82) is 0 Å². The van der Waals surface area contributed by atoms with Gasteiger partial charge in [-0.3, -0.25) is 4.79 Å². The van der Waals surface area contributed by atoms with Crippen LogP contribution in [0.15, 0.2) is 17.2 Å². The molecule has 0 bridgehead atoms. The van der Waals surface area contributed by atoms with E-state index in [2.05, 4.69) is 11.9 Å². The van der Waals surface area contributed by atoms with Crippen LogP contribution < -0.4 is 5.73 Å². The van der Waals surface area contributed by atoms with E-state index in [0.717, 1.165) is 17.9 Å². The molecule has 1 atom stereocenters. The molecule has 1 unspecified atom stereocenters. The lowest BCUT2D eigenvalue weighted by atomic mass is 9.90. The molecule has 2 fully saturated rings. The average molecular weight is 373 g/mol. The van der Waals surface area contributed by atoms with E-state index in [0.29, 0.717) is 38.4 Å². The fraction of sp³-hybridized carbons (Fsp3) is 0.667. The number of nitrogens with one attached hydrogen (secondary N) is 1. The van der Waals surface area contributed by atoms with Crippen molar-refractivity contribution in [2.24, 2.45) is 11.1 Å². The standard InChI is InChI=1S/C15H24N4O3S2/c1-15(10-16)2-3-18(11-15)14(20)13-8-12(9-17-13)24(21,22)19-4-6-23-7-5-19/h8-9,17H,2-7,10-11,16H2,1H3. The van der Waals surface area contributed by atoms with Crippen molar-refractivity contribution in [2.75, 3.05) is 44.2 Å². The molecule has 0 radical (unpaired) electrons. The molecular formula is C15H24N4O3S2. The number of carbonyl (C=O) groups is 1. The maximum absolute atomic E-state index is 12.6. The molecule has 0 aromatic carbocycles. The Hall–Kier alpha value is -1.03. The number of aromatic amines is 1. The minimum absolute atomic E-state index is 0.0529. The Morgan fingerprint density at radius 2 is 2.08 bits per heavy atom. The Morgan fingerprint density at radius 3 is 2.71 bits per heavy atom. The number of thioether (sulfide) groups is 1. The summed E-state index contributed by atoms with van der Waals surface area (Å²) in [6, 6.07) is 1.46. The third kappa shape index (κ3) is 3.35. The summed E-state index contributed by atoms with van der Waals surface area (Å²) in [7, 11) is -3.53. The van der Waals surface area contributed by atoms with Crippen molar-refractivity contribution < 1.29 is 13.2 Å². The number of amides is 1. The molecule has 24 heavy (non-hydrogen) atoms. The van der Waals surface area contributed by atoms with Crippen LogP contribution in [0.1, 0.15) is 23.8 Å². The molecule has 1 amide bonds. The van der Waals surface area contributed by atoms with Crippen LogP contribution in [-0.4, -0.2) is 72.7 Å². The molecule has 0 saturated carbocycles. The zero-order valence-electron chi connectivity index (χ0n) is 13.8. The highest BCUT2D eigenvalue weighted by molar-refractivity contribution is 7.99. The Kier molecular flexibility index (Phi) is 4.96. The molecule has 1 aromatic heterocycles. The van der Waals surface area contributed by atoms with Crippen LogP contribution in [0.25, 0.3) is 0 Å². The molecular weight excluding hydrogens is 348 g/mol. The monoisotopic (exact) mass is 372 g/mol. The maximum atomic E-state index is 12.6. The minimum Gasteiger partial charge on any atom is -0.356 e. The number of nitrogens with zero attached hydrogens (tertiary/aromatic N) is 2. The van der Waals surface area contributed by atoms with Crippen LogP contribution >= 0.6 is 11.8 Å². The number of aromatic nitrogens is 1. The Bertz CT molecular complexity index is 712. The van der Waals surface area contributed by atoms with E-state index in [4.69, 9.17) is 5.73 Å². The quantitative estimate of drug-likeness (QED) is 0.805. The van der Waals surface area contributed by atoms with Crippen molar-refractivity contribution in [2.45, 2.75) is 18.2 Å². The van der Waals surface area contributed by atoms with Gasteiger partial charge in [-0.2, -0.15) is 16.1 Å². The van der Waals surface area contributed by atoms with Gasteiger partial charge < -0.3 is 15.6 Å². The van der Waals surface area contributed by atoms with Gasteiger partial charge in [-0.25, -0.2) is 8.42 Å². The summed E-state index contributed by atoms with van der Waals surface area (Å²) in [4.78, 5) is 17.4. The third-order valence-electron chi connectivity index (χ3n) is 4.83. The molecule has 2 aliphatic rings. The van der Waals surface area contributed by atoms with Gasteiger partial charge in [0.1, 0.15) is 10.6 Å². The predicted molar refractivity (Wildman–Crippen MR) is 94.6 cm³/mol. The van der Waals surface area contributed by atoms with E-state index in [1.165, 1.54) is 16.6 Å². The van der Waals surface area contributed by atoms with Gasteiger partial charge in [0.2, 0.25) is 10.0 Å². The summed E-state index contributed by atoms with van der Waals surface area (Å²) in [5.74, 6) is 1.45. The molecule has 0 spiro atoms. The number of carbonyl (C=O) groups excluding carboxylic acids is 1. The van der Waals surface area contributed by atoms with E-state index in [-0.39, 0.29) is 16.2 Å². The Labute approximate surface area is 147 Å². The Morgan fingerprint density at radius 1 is 1.38 bits per heavy atom. The van der Waals surface area contributed by atoms with Crippen LogP contribution in [0, 0.1) is 5.41 Å². The van der Waals surface area contributed by atoms with Crippen LogP contribution in [0.5, 0.6) is 0 Å². The van der Waals surface area contributed by atoms with Crippen LogP contribution in [0.2, 0.25) is 0 Å². The number of hydrogen-bond donors (Lipinski definition) is 2. The topological polar surface area (TPSA) is 99.5 Å². The molecule has 3 rings (SSSR count). The van der Waals surface area contributed by atoms with E-state index in [1.807, 2.05) is 0 Å². The largest absolute Gasteiger partial charge is 0.356 e. The summed E-state index contributed by atoms with van der Waals surface area (Å²) in [6.45, 7) is 4.89. The van der Waals surface area contributed by atoms with Gasteiger partial charge in [-0.15, -0.1) is 0 Å². The fourth-order valence-corrected chi connectivity index (χ4v) is 5.69. The maximum Gasteiger partial charge on any atom is 0.270 e. The highest BCUT2D eigenvalue weighted by Gasteiger charge is 2.36. The average Bonchev–Trinajstić information content (AvgIpc) is 3.23. The first-order chi connectivity index (χ1) is 11.4. The SMILES string of the molecule is CC1(CN)CCN(C(=O)c2cc(S(=O)(=O)N3CCSCC3)c[nH]2)C1.